The van der Waals surface area contributed by atoms with E-state index >= 15 is 0 Å². The first-order chi connectivity index (χ1) is 10.2. The summed E-state index contributed by atoms with van der Waals surface area (Å²) in [7, 11) is 2.13. The molecule has 0 aliphatic carbocycles. The molecule has 0 aliphatic heterocycles. The highest BCUT2D eigenvalue weighted by Gasteiger charge is 2.18. The maximum atomic E-state index is 6.00. The Morgan fingerprint density at radius 1 is 1.33 bits per heavy atom. The lowest BCUT2D eigenvalue weighted by Gasteiger charge is -2.26. The van der Waals surface area contributed by atoms with Crippen LogP contribution in [0.15, 0.2) is 36.7 Å². The molecule has 4 heteroatoms. The van der Waals surface area contributed by atoms with Crippen LogP contribution in [0.25, 0.3) is 0 Å². The van der Waals surface area contributed by atoms with Gasteiger partial charge in [0.15, 0.2) is 0 Å². The van der Waals surface area contributed by atoms with E-state index in [9.17, 15) is 0 Å². The number of hydrogen-bond acceptors (Lipinski definition) is 3. The van der Waals surface area contributed by atoms with Crippen molar-refractivity contribution >= 4 is 0 Å². The molecule has 114 valence electrons. The van der Waals surface area contributed by atoms with Gasteiger partial charge < -0.3 is 5.73 Å². The highest BCUT2D eigenvalue weighted by molar-refractivity contribution is 5.25. The number of aromatic nitrogens is 2. The summed E-state index contributed by atoms with van der Waals surface area (Å²) >= 11 is 0. The Morgan fingerprint density at radius 2 is 2.10 bits per heavy atom. The van der Waals surface area contributed by atoms with Crippen molar-refractivity contribution in [2.24, 2.45) is 5.73 Å². The number of hydrogen-bond donors (Lipinski definition) is 1. The number of aryl methyl sites for hydroxylation is 2. The smallest absolute Gasteiger partial charge is 0.0538 e. The summed E-state index contributed by atoms with van der Waals surface area (Å²) < 4.78 is 2.00. The van der Waals surface area contributed by atoms with Gasteiger partial charge in [-0.15, -0.1) is 0 Å². The maximum Gasteiger partial charge on any atom is 0.0538 e. The molecule has 1 unspecified atom stereocenters. The number of likely N-dealkylation sites (N-methyl/N-ethyl adjacent to an activating group) is 1. The Hall–Kier alpha value is -1.65. The standard InChI is InChI=1S/C17H26N4/c1-4-9-21-13-16(11-19-21)17(10-18)20(3)12-15-8-6-5-7-14(15)2/h5-8,11,13,17H,4,9-10,12,18H2,1-3H3. The van der Waals surface area contributed by atoms with E-state index in [-0.39, 0.29) is 6.04 Å². The van der Waals surface area contributed by atoms with E-state index < -0.39 is 0 Å². The SMILES string of the molecule is CCCn1cc(C(CN)N(C)Cc2ccccc2C)cn1. The van der Waals surface area contributed by atoms with E-state index in [0.29, 0.717) is 6.54 Å². The normalized spacial score (nSPS) is 12.8. The van der Waals surface area contributed by atoms with Crippen LogP contribution in [0, 0.1) is 6.92 Å². The fraction of sp³-hybridized carbons (Fsp3) is 0.471. The molecule has 21 heavy (non-hydrogen) atoms. The maximum absolute atomic E-state index is 6.00. The van der Waals surface area contributed by atoms with Crippen molar-refractivity contribution in [1.82, 2.24) is 14.7 Å². The first-order valence-corrected chi connectivity index (χ1v) is 7.62. The van der Waals surface area contributed by atoms with Crippen molar-refractivity contribution in [3.63, 3.8) is 0 Å². The fourth-order valence-electron chi connectivity index (χ4n) is 2.64. The van der Waals surface area contributed by atoms with Gasteiger partial charge in [0.25, 0.3) is 0 Å². The molecule has 4 nitrogen and oxygen atoms in total. The van der Waals surface area contributed by atoms with Gasteiger partial charge >= 0.3 is 0 Å². The quantitative estimate of drug-likeness (QED) is 0.851. The highest BCUT2D eigenvalue weighted by atomic mass is 15.3. The first kappa shape index (κ1) is 15.7. The monoisotopic (exact) mass is 286 g/mol. The van der Waals surface area contributed by atoms with Gasteiger partial charge in [0.1, 0.15) is 0 Å². The van der Waals surface area contributed by atoms with E-state index in [4.69, 9.17) is 5.73 Å². The Kier molecular flexibility index (Phi) is 5.53. The highest BCUT2D eigenvalue weighted by Crippen LogP contribution is 2.21. The molecule has 0 bridgehead atoms. The van der Waals surface area contributed by atoms with E-state index in [2.05, 4.69) is 61.4 Å². The zero-order chi connectivity index (χ0) is 15.2. The molecule has 2 aromatic rings. The van der Waals surface area contributed by atoms with Gasteiger partial charge in [0, 0.05) is 31.4 Å². The molecule has 0 saturated carbocycles. The second-order valence-electron chi connectivity index (χ2n) is 5.63. The lowest BCUT2D eigenvalue weighted by molar-refractivity contribution is 0.241. The fourth-order valence-corrected chi connectivity index (χ4v) is 2.64. The molecule has 1 heterocycles. The molecular weight excluding hydrogens is 260 g/mol. The van der Waals surface area contributed by atoms with Crippen molar-refractivity contribution in [2.75, 3.05) is 13.6 Å². The molecule has 2 rings (SSSR count). The molecule has 0 amide bonds. The van der Waals surface area contributed by atoms with E-state index in [1.165, 1.54) is 16.7 Å². The average molecular weight is 286 g/mol. The van der Waals surface area contributed by atoms with Crippen LogP contribution >= 0.6 is 0 Å². The van der Waals surface area contributed by atoms with Crippen LogP contribution < -0.4 is 5.73 Å². The summed E-state index contributed by atoms with van der Waals surface area (Å²) in [6, 6.07) is 8.70. The summed E-state index contributed by atoms with van der Waals surface area (Å²) in [5.74, 6) is 0. The van der Waals surface area contributed by atoms with Gasteiger partial charge in [-0.05, 0) is 31.5 Å². The molecule has 0 saturated heterocycles. The Labute approximate surface area is 127 Å². The van der Waals surface area contributed by atoms with E-state index in [1.54, 1.807) is 0 Å². The van der Waals surface area contributed by atoms with Gasteiger partial charge in [0.05, 0.1) is 12.2 Å². The van der Waals surface area contributed by atoms with Gasteiger partial charge in [-0.25, -0.2) is 0 Å². The van der Waals surface area contributed by atoms with Crippen molar-refractivity contribution in [3.05, 3.63) is 53.3 Å². The zero-order valence-corrected chi connectivity index (χ0v) is 13.3. The molecule has 1 aromatic heterocycles. The predicted molar refractivity (Wildman–Crippen MR) is 87.0 cm³/mol. The third-order valence-corrected chi connectivity index (χ3v) is 3.93. The van der Waals surface area contributed by atoms with Crippen LogP contribution in [-0.4, -0.2) is 28.3 Å². The molecule has 0 spiro atoms. The second kappa shape index (κ2) is 7.38. The first-order valence-electron chi connectivity index (χ1n) is 7.62. The number of benzene rings is 1. The molecule has 2 N–H and O–H groups in total. The third kappa shape index (κ3) is 3.93. The van der Waals surface area contributed by atoms with Crippen LogP contribution in [0.5, 0.6) is 0 Å². The number of nitrogens with zero attached hydrogens (tertiary/aromatic N) is 3. The number of rotatable bonds is 7. The minimum Gasteiger partial charge on any atom is -0.329 e. The van der Waals surface area contributed by atoms with Crippen molar-refractivity contribution in [2.45, 2.75) is 39.4 Å². The Morgan fingerprint density at radius 3 is 2.76 bits per heavy atom. The molecule has 0 fully saturated rings. The molecule has 0 radical (unpaired) electrons. The Balaban J connectivity index is 2.10. The van der Waals surface area contributed by atoms with Gasteiger partial charge in [-0.2, -0.15) is 5.10 Å². The zero-order valence-electron chi connectivity index (χ0n) is 13.3. The molecule has 0 aliphatic rings. The van der Waals surface area contributed by atoms with Crippen LogP contribution in [-0.2, 0) is 13.1 Å². The van der Waals surface area contributed by atoms with Gasteiger partial charge in [-0.1, -0.05) is 31.2 Å². The van der Waals surface area contributed by atoms with Gasteiger partial charge in [0.2, 0.25) is 0 Å². The van der Waals surface area contributed by atoms with Crippen molar-refractivity contribution in [1.29, 1.82) is 0 Å². The van der Waals surface area contributed by atoms with Crippen molar-refractivity contribution < 1.29 is 0 Å². The summed E-state index contributed by atoms with van der Waals surface area (Å²) in [5, 5.41) is 4.42. The van der Waals surface area contributed by atoms with Gasteiger partial charge in [-0.3, -0.25) is 9.58 Å². The van der Waals surface area contributed by atoms with Crippen LogP contribution in [0.1, 0.15) is 36.1 Å². The lowest BCUT2D eigenvalue weighted by Crippen LogP contribution is -2.30. The lowest BCUT2D eigenvalue weighted by atomic mass is 10.1. The van der Waals surface area contributed by atoms with E-state index in [0.717, 1.165) is 19.5 Å². The summed E-state index contributed by atoms with van der Waals surface area (Å²) in [5.41, 5.74) is 9.87. The molecule has 1 aromatic carbocycles. The van der Waals surface area contributed by atoms with Crippen LogP contribution in [0.3, 0.4) is 0 Å². The average Bonchev–Trinajstić information content (AvgIpc) is 2.91. The van der Waals surface area contributed by atoms with E-state index in [1.807, 2.05) is 10.9 Å². The Bertz CT molecular complexity index is 561. The number of nitrogens with two attached hydrogens (primary N) is 1. The minimum absolute atomic E-state index is 0.204. The summed E-state index contributed by atoms with van der Waals surface area (Å²) in [6.45, 7) is 6.76. The minimum atomic E-state index is 0.204. The largest absolute Gasteiger partial charge is 0.329 e. The van der Waals surface area contributed by atoms with Crippen molar-refractivity contribution in [3.8, 4) is 0 Å². The topological polar surface area (TPSA) is 47.1 Å². The molecular formula is C17H26N4. The second-order valence-corrected chi connectivity index (χ2v) is 5.63. The summed E-state index contributed by atoms with van der Waals surface area (Å²) in [6.07, 6.45) is 5.16. The van der Waals surface area contributed by atoms with Crippen LogP contribution in [0.4, 0.5) is 0 Å². The third-order valence-electron chi connectivity index (χ3n) is 3.93. The predicted octanol–water partition coefficient (Wildman–Crippen LogP) is 2.73. The van der Waals surface area contributed by atoms with Crippen LogP contribution in [0.2, 0.25) is 0 Å². The summed E-state index contributed by atoms with van der Waals surface area (Å²) in [4.78, 5) is 2.30. The molecule has 1 atom stereocenters.